The second-order valence-electron chi connectivity index (χ2n) is 15.8. The molecule has 54 heavy (non-hydrogen) atoms. The molecular weight excluding hydrogens is 751 g/mol. The van der Waals surface area contributed by atoms with Crippen LogP contribution < -0.4 is 10.6 Å². The Balaban J connectivity index is 0.000000540. The van der Waals surface area contributed by atoms with E-state index in [2.05, 4.69) is 0 Å². The third-order valence-electron chi connectivity index (χ3n) is 9.40. The first kappa shape index (κ1) is 48.4. The highest BCUT2D eigenvalue weighted by Crippen LogP contribution is 2.37. The molecule has 2 aromatic rings. The third-order valence-corrected chi connectivity index (χ3v) is 18.4. The fraction of sp³-hybridized carbons (Fsp3) is 0.526. The number of halogens is 6. The van der Waals surface area contributed by atoms with Gasteiger partial charge in [-0.15, -0.1) is 0 Å². The summed E-state index contributed by atoms with van der Waals surface area (Å²) in [4.78, 5) is 47.0. The average Bonchev–Trinajstić information content (AvgIpc) is 3.05. The lowest BCUT2D eigenvalue weighted by Crippen LogP contribution is -2.49. The molecule has 0 saturated carbocycles. The van der Waals surface area contributed by atoms with Gasteiger partial charge in [0.15, 0.2) is 28.2 Å². The zero-order valence-corrected chi connectivity index (χ0v) is 34.6. The van der Waals surface area contributed by atoms with E-state index in [1.165, 1.54) is 6.08 Å². The maximum atomic E-state index is 12.6. The number of allylic oxidation sites excluding steroid dienone is 1. The Morgan fingerprint density at radius 3 is 1.48 bits per heavy atom. The number of Topliss-reactive ketones (excluding diaryl/α,β-unsaturated/α-hetero) is 1. The largest absolute Gasteiger partial charge is 0.471 e. The number of carbonyl (C=O) groups excluding carboxylic acids is 4. The molecule has 16 heteroatoms. The summed E-state index contributed by atoms with van der Waals surface area (Å²) in [5, 5.41) is 3.59. The van der Waals surface area contributed by atoms with Crippen LogP contribution in [-0.2, 0) is 18.4 Å². The van der Waals surface area contributed by atoms with Gasteiger partial charge in [0.2, 0.25) is 0 Å². The minimum absolute atomic E-state index is 0.0215. The van der Waals surface area contributed by atoms with Crippen molar-refractivity contribution >= 4 is 40.0 Å². The van der Waals surface area contributed by atoms with Crippen molar-refractivity contribution in [1.82, 2.24) is 10.6 Å². The van der Waals surface area contributed by atoms with Crippen molar-refractivity contribution in [2.75, 3.05) is 13.2 Å². The molecule has 0 aliphatic heterocycles. The minimum Gasteiger partial charge on any atom is -0.415 e. The van der Waals surface area contributed by atoms with Crippen LogP contribution in [0.15, 0.2) is 72.8 Å². The van der Waals surface area contributed by atoms with Crippen LogP contribution in [-0.4, -0.2) is 77.7 Å². The molecule has 0 fully saturated rings. The van der Waals surface area contributed by atoms with E-state index >= 15 is 0 Å². The molecule has 2 N–H and O–H groups in total. The lowest BCUT2D eigenvalue weighted by molar-refractivity contribution is -0.174. The normalized spacial score (nSPS) is 14.1. The van der Waals surface area contributed by atoms with Crippen molar-refractivity contribution in [2.24, 2.45) is 0 Å². The number of ketones is 2. The fourth-order valence-electron chi connectivity index (χ4n) is 3.88. The van der Waals surface area contributed by atoms with Gasteiger partial charge in [-0.3, -0.25) is 19.2 Å². The van der Waals surface area contributed by atoms with E-state index in [0.29, 0.717) is 11.1 Å². The number of nitrogens with one attached hydrogen (secondary N) is 2. The molecule has 0 heterocycles. The number of hydrogen-bond acceptors (Lipinski definition) is 6. The Kier molecular flexibility index (Phi) is 17.8. The number of amides is 2. The number of benzene rings is 2. The van der Waals surface area contributed by atoms with E-state index in [1.807, 2.05) is 78.4 Å². The van der Waals surface area contributed by atoms with Gasteiger partial charge in [-0.25, -0.2) is 0 Å². The molecule has 0 bridgehead atoms. The van der Waals surface area contributed by atoms with E-state index in [9.17, 15) is 45.5 Å². The van der Waals surface area contributed by atoms with Crippen molar-refractivity contribution in [1.29, 1.82) is 0 Å². The van der Waals surface area contributed by atoms with Crippen LogP contribution in [0, 0.1) is 0 Å². The molecule has 2 atom stereocenters. The molecule has 2 aromatic carbocycles. The Bertz CT molecular complexity index is 1550. The summed E-state index contributed by atoms with van der Waals surface area (Å²) in [6, 6.07) is 14.9. The molecule has 0 spiro atoms. The Morgan fingerprint density at radius 2 is 1.06 bits per heavy atom. The maximum absolute atomic E-state index is 12.6. The van der Waals surface area contributed by atoms with Gasteiger partial charge >= 0.3 is 24.2 Å². The second-order valence-corrected chi connectivity index (χ2v) is 25.4. The molecule has 0 unspecified atom stereocenters. The zero-order valence-electron chi connectivity index (χ0n) is 32.6. The van der Waals surface area contributed by atoms with Crippen LogP contribution in [0.4, 0.5) is 26.3 Å². The van der Waals surface area contributed by atoms with E-state index < -0.39 is 52.9 Å². The number of hydrogen-bond donors (Lipinski definition) is 2. The summed E-state index contributed by atoms with van der Waals surface area (Å²) in [6.07, 6.45) is -7.49. The monoisotopic (exact) mass is 804 g/mol. The van der Waals surface area contributed by atoms with Crippen LogP contribution >= 0.6 is 0 Å². The van der Waals surface area contributed by atoms with Gasteiger partial charge < -0.3 is 19.5 Å². The van der Waals surface area contributed by atoms with Gasteiger partial charge in [-0.1, -0.05) is 108 Å². The smallest absolute Gasteiger partial charge is 0.415 e. The molecule has 2 rings (SSSR count). The van der Waals surface area contributed by atoms with E-state index in [4.69, 9.17) is 8.85 Å². The first-order valence-corrected chi connectivity index (χ1v) is 23.2. The Morgan fingerprint density at radius 1 is 0.648 bits per heavy atom. The Hall–Kier alpha value is -3.61. The third kappa shape index (κ3) is 16.8. The predicted molar refractivity (Wildman–Crippen MR) is 202 cm³/mol. The van der Waals surface area contributed by atoms with Crippen molar-refractivity contribution in [2.45, 2.75) is 115 Å². The van der Waals surface area contributed by atoms with E-state index in [-0.39, 0.29) is 47.7 Å². The molecule has 0 aliphatic carbocycles. The first-order valence-electron chi connectivity index (χ1n) is 17.4. The summed E-state index contributed by atoms with van der Waals surface area (Å²) in [5.74, 6) is -4.63. The second kappa shape index (κ2) is 19.8. The highest BCUT2D eigenvalue weighted by Gasteiger charge is 2.42. The average molecular weight is 805 g/mol. The summed E-state index contributed by atoms with van der Waals surface area (Å²) in [5.41, 5.74) is 0.892. The number of alkyl halides is 6. The molecule has 0 radical (unpaired) electrons. The van der Waals surface area contributed by atoms with E-state index in [1.54, 1.807) is 60.7 Å². The summed E-state index contributed by atoms with van der Waals surface area (Å²) in [7, 11) is -4.44. The standard InChI is InChI=1S/C19H28F3NO3Si.C19H26F3NO3Si/c2*1-18(2,3)27(4,5)26-13-15(23-17(25)19(20,21)22)11-12-16(24)14-9-7-6-8-10-14/h6-10,15H,11-13H2,1-5H3,(H,23,25);6-12,15H,13H2,1-5H3,(H,23,25)/b;12-11+/t2*15-/m11/s1. The SMILES string of the molecule is CC(C)(C)[Si](C)(C)OC[C@@H](/C=C/C(=O)c1ccccc1)NC(=O)C(F)(F)F.CC(C)(C)[Si](C)(C)OC[C@@H](CCC(=O)c1ccccc1)NC(=O)C(F)(F)F. The molecule has 0 aromatic heterocycles. The van der Waals surface area contributed by atoms with Crippen LogP contribution in [0.2, 0.25) is 36.3 Å². The van der Waals surface area contributed by atoms with Crippen LogP contribution in [0.5, 0.6) is 0 Å². The van der Waals surface area contributed by atoms with Gasteiger partial charge in [-0.05, 0) is 48.8 Å². The Labute approximate surface area is 316 Å². The van der Waals surface area contributed by atoms with Crippen LogP contribution in [0.25, 0.3) is 0 Å². The number of carbonyl (C=O) groups is 4. The molecule has 8 nitrogen and oxygen atoms in total. The highest BCUT2D eigenvalue weighted by molar-refractivity contribution is 6.74. The number of rotatable bonds is 15. The molecule has 2 amide bonds. The van der Waals surface area contributed by atoms with Gasteiger partial charge in [0.1, 0.15) is 0 Å². The fourth-order valence-corrected chi connectivity index (χ4v) is 5.96. The summed E-state index contributed by atoms with van der Waals surface area (Å²) >= 11 is 0. The van der Waals surface area contributed by atoms with E-state index in [0.717, 1.165) is 6.08 Å². The molecule has 0 saturated heterocycles. The van der Waals surface area contributed by atoms with Crippen molar-refractivity contribution in [3.63, 3.8) is 0 Å². The van der Waals surface area contributed by atoms with Gasteiger partial charge in [-0.2, -0.15) is 26.3 Å². The lowest BCUT2D eigenvalue weighted by Gasteiger charge is -2.37. The topological polar surface area (TPSA) is 111 Å². The predicted octanol–water partition coefficient (Wildman–Crippen LogP) is 9.21. The van der Waals surface area contributed by atoms with Crippen molar-refractivity contribution < 1.29 is 54.4 Å². The van der Waals surface area contributed by atoms with Gasteiger partial charge in [0, 0.05) is 17.5 Å². The zero-order chi connectivity index (χ0) is 41.8. The van der Waals surface area contributed by atoms with Crippen molar-refractivity contribution in [3.8, 4) is 0 Å². The summed E-state index contributed by atoms with van der Waals surface area (Å²) in [6.45, 7) is 19.7. The molecular formula is C38H54F6N2O6Si2. The summed E-state index contributed by atoms with van der Waals surface area (Å²) < 4.78 is 87.5. The van der Waals surface area contributed by atoms with Crippen molar-refractivity contribution in [3.05, 3.63) is 83.9 Å². The quantitative estimate of drug-likeness (QED) is 0.0805. The first-order chi connectivity index (χ1) is 24.5. The molecule has 0 aliphatic rings. The van der Waals surface area contributed by atoms with Gasteiger partial charge in [0.25, 0.3) is 0 Å². The highest BCUT2D eigenvalue weighted by atomic mass is 28.4. The van der Waals surface area contributed by atoms with Crippen LogP contribution in [0.1, 0.15) is 75.1 Å². The molecule has 302 valence electrons. The maximum Gasteiger partial charge on any atom is 0.471 e. The van der Waals surface area contributed by atoms with Gasteiger partial charge in [0.05, 0.1) is 25.3 Å². The van der Waals surface area contributed by atoms with Crippen LogP contribution in [0.3, 0.4) is 0 Å². The lowest BCUT2D eigenvalue weighted by atomic mass is 10.0. The minimum atomic E-state index is -5.01.